The Hall–Kier alpha value is -1.07. The fourth-order valence-corrected chi connectivity index (χ4v) is 3.95. The van der Waals surface area contributed by atoms with Gasteiger partial charge in [0.05, 0.1) is 6.04 Å². The van der Waals surface area contributed by atoms with Crippen molar-refractivity contribution in [2.45, 2.75) is 6.04 Å². The molecule has 2 N–H and O–H groups in total. The van der Waals surface area contributed by atoms with E-state index in [4.69, 9.17) is 17.3 Å². The van der Waals surface area contributed by atoms with E-state index in [-0.39, 0.29) is 0 Å². The zero-order valence-corrected chi connectivity index (χ0v) is 13.5. The smallest absolute Gasteiger partial charge is 0.0565 e. The SMILES string of the molecule is NC[C@H](c1cccs1)N1CCN(c2cccc(Cl)c2)CC1. The minimum absolute atomic E-state index is 0.353. The molecule has 5 heteroatoms. The zero-order valence-electron chi connectivity index (χ0n) is 11.9. The summed E-state index contributed by atoms with van der Waals surface area (Å²) in [6.45, 7) is 4.78. The Morgan fingerprint density at radius 3 is 2.57 bits per heavy atom. The van der Waals surface area contributed by atoms with E-state index in [0.29, 0.717) is 12.6 Å². The van der Waals surface area contributed by atoms with Gasteiger partial charge in [-0.3, -0.25) is 4.90 Å². The van der Waals surface area contributed by atoms with Crippen molar-refractivity contribution in [3.05, 3.63) is 51.7 Å². The van der Waals surface area contributed by atoms with Gasteiger partial charge in [0.15, 0.2) is 0 Å². The van der Waals surface area contributed by atoms with Gasteiger partial charge in [-0.1, -0.05) is 23.7 Å². The summed E-state index contributed by atoms with van der Waals surface area (Å²) in [5, 5.41) is 2.92. The van der Waals surface area contributed by atoms with Gasteiger partial charge >= 0.3 is 0 Å². The first-order valence-electron chi connectivity index (χ1n) is 7.26. The van der Waals surface area contributed by atoms with E-state index in [1.54, 1.807) is 11.3 Å². The minimum atomic E-state index is 0.353. The molecular weight excluding hydrogens is 302 g/mol. The Labute approximate surface area is 134 Å². The second kappa shape index (κ2) is 6.79. The molecule has 0 amide bonds. The average Bonchev–Trinajstić information content (AvgIpc) is 3.03. The molecule has 2 heterocycles. The predicted molar refractivity (Wildman–Crippen MR) is 91.4 cm³/mol. The fraction of sp³-hybridized carbons (Fsp3) is 0.375. The highest BCUT2D eigenvalue weighted by Crippen LogP contribution is 2.27. The Morgan fingerprint density at radius 1 is 1.14 bits per heavy atom. The number of piperazine rings is 1. The molecule has 0 spiro atoms. The Kier molecular flexibility index (Phi) is 4.80. The lowest BCUT2D eigenvalue weighted by atomic mass is 10.1. The molecule has 1 atom stereocenters. The number of halogens is 1. The molecule has 0 radical (unpaired) electrons. The molecule has 1 aliphatic heterocycles. The number of hydrogen-bond acceptors (Lipinski definition) is 4. The van der Waals surface area contributed by atoms with Crippen LogP contribution in [0.4, 0.5) is 5.69 Å². The zero-order chi connectivity index (χ0) is 14.7. The molecule has 1 aromatic heterocycles. The standard InChI is InChI=1S/C16H20ClN3S/c17-13-3-1-4-14(11-13)19-6-8-20(9-7-19)15(12-18)16-5-2-10-21-16/h1-5,10-11,15H,6-9,12,18H2/t15-/m1/s1. The van der Waals surface area contributed by atoms with Crippen molar-refractivity contribution in [1.82, 2.24) is 4.90 Å². The Morgan fingerprint density at radius 2 is 1.95 bits per heavy atom. The van der Waals surface area contributed by atoms with Gasteiger partial charge < -0.3 is 10.6 Å². The van der Waals surface area contributed by atoms with Gasteiger partial charge in [0.25, 0.3) is 0 Å². The molecule has 21 heavy (non-hydrogen) atoms. The molecule has 0 saturated carbocycles. The number of nitrogens with two attached hydrogens (primary N) is 1. The number of benzene rings is 1. The summed E-state index contributed by atoms with van der Waals surface area (Å²) < 4.78 is 0. The lowest BCUT2D eigenvalue weighted by Crippen LogP contribution is -2.49. The maximum Gasteiger partial charge on any atom is 0.0565 e. The van der Waals surface area contributed by atoms with Crippen LogP contribution < -0.4 is 10.6 Å². The van der Waals surface area contributed by atoms with E-state index >= 15 is 0 Å². The highest BCUT2D eigenvalue weighted by Gasteiger charge is 2.24. The monoisotopic (exact) mass is 321 g/mol. The Balaban J connectivity index is 1.64. The third kappa shape index (κ3) is 3.40. The molecule has 1 aromatic carbocycles. The van der Waals surface area contributed by atoms with Crippen molar-refractivity contribution >= 4 is 28.6 Å². The second-order valence-electron chi connectivity index (χ2n) is 5.27. The maximum absolute atomic E-state index is 6.08. The lowest BCUT2D eigenvalue weighted by molar-refractivity contribution is 0.193. The van der Waals surface area contributed by atoms with Crippen molar-refractivity contribution < 1.29 is 0 Å². The van der Waals surface area contributed by atoms with Crippen molar-refractivity contribution in [2.24, 2.45) is 5.73 Å². The largest absolute Gasteiger partial charge is 0.369 e. The first kappa shape index (κ1) is 14.9. The van der Waals surface area contributed by atoms with Crippen LogP contribution in [0.15, 0.2) is 41.8 Å². The van der Waals surface area contributed by atoms with Crippen LogP contribution in [-0.4, -0.2) is 37.6 Å². The molecule has 2 aromatic rings. The van der Waals surface area contributed by atoms with E-state index in [0.717, 1.165) is 31.2 Å². The summed E-state index contributed by atoms with van der Waals surface area (Å²) in [7, 11) is 0. The molecule has 0 unspecified atom stereocenters. The maximum atomic E-state index is 6.08. The number of rotatable bonds is 4. The summed E-state index contributed by atoms with van der Waals surface area (Å²) in [6.07, 6.45) is 0. The third-order valence-electron chi connectivity index (χ3n) is 4.02. The third-order valence-corrected chi connectivity index (χ3v) is 5.23. The molecule has 1 fully saturated rings. The molecule has 0 bridgehead atoms. The van der Waals surface area contributed by atoms with Gasteiger partial charge in [0, 0.05) is 48.3 Å². The summed E-state index contributed by atoms with van der Waals surface area (Å²) >= 11 is 7.88. The van der Waals surface area contributed by atoms with Crippen LogP contribution in [0.2, 0.25) is 5.02 Å². The molecule has 3 rings (SSSR count). The van der Waals surface area contributed by atoms with Crippen molar-refractivity contribution in [3.63, 3.8) is 0 Å². The molecule has 0 aliphatic carbocycles. The van der Waals surface area contributed by atoms with Gasteiger partial charge in [0.2, 0.25) is 0 Å². The molecule has 112 valence electrons. The van der Waals surface area contributed by atoms with Crippen molar-refractivity contribution in [3.8, 4) is 0 Å². The van der Waals surface area contributed by atoms with Gasteiger partial charge in [-0.25, -0.2) is 0 Å². The number of nitrogens with zero attached hydrogens (tertiary/aromatic N) is 2. The van der Waals surface area contributed by atoms with Gasteiger partial charge in [0.1, 0.15) is 0 Å². The molecule has 3 nitrogen and oxygen atoms in total. The van der Waals surface area contributed by atoms with E-state index < -0.39 is 0 Å². The minimum Gasteiger partial charge on any atom is -0.369 e. The van der Waals surface area contributed by atoms with Crippen LogP contribution in [0.25, 0.3) is 0 Å². The van der Waals surface area contributed by atoms with Crippen LogP contribution in [0, 0.1) is 0 Å². The summed E-state index contributed by atoms with van der Waals surface area (Å²) in [6, 6.07) is 12.7. The van der Waals surface area contributed by atoms with Crippen molar-refractivity contribution in [2.75, 3.05) is 37.6 Å². The molecule has 1 aliphatic rings. The van der Waals surface area contributed by atoms with Crippen LogP contribution in [0.3, 0.4) is 0 Å². The average molecular weight is 322 g/mol. The van der Waals surface area contributed by atoms with E-state index in [1.807, 2.05) is 18.2 Å². The topological polar surface area (TPSA) is 32.5 Å². The predicted octanol–water partition coefficient (Wildman–Crippen LogP) is 3.22. The number of hydrogen-bond donors (Lipinski definition) is 1. The van der Waals surface area contributed by atoms with Crippen LogP contribution in [0.1, 0.15) is 10.9 Å². The van der Waals surface area contributed by atoms with Crippen LogP contribution in [0.5, 0.6) is 0 Å². The first-order valence-corrected chi connectivity index (χ1v) is 8.52. The van der Waals surface area contributed by atoms with Crippen LogP contribution >= 0.6 is 22.9 Å². The van der Waals surface area contributed by atoms with Crippen LogP contribution in [-0.2, 0) is 0 Å². The number of thiophene rings is 1. The van der Waals surface area contributed by atoms with Crippen molar-refractivity contribution in [1.29, 1.82) is 0 Å². The van der Waals surface area contributed by atoms with E-state index in [9.17, 15) is 0 Å². The van der Waals surface area contributed by atoms with E-state index in [1.165, 1.54) is 10.6 Å². The van der Waals surface area contributed by atoms with E-state index in [2.05, 4.69) is 33.4 Å². The van der Waals surface area contributed by atoms with Gasteiger partial charge in [-0.15, -0.1) is 11.3 Å². The van der Waals surface area contributed by atoms with Gasteiger partial charge in [-0.05, 0) is 29.6 Å². The Bertz CT molecular complexity index is 565. The second-order valence-corrected chi connectivity index (χ2v) is 6.69. The first-order chi connectivity index (χ1) is 10.3. The normalized spacial score (nSPS) is 17.9. The highest BCUT2D eigenvalue weighted by molar-refractivity contribution is 7.10. The number of anilines is 1. The summed E-state index contributed by atoms with van der Waals surface area (Å²) in [5.74, 6) is 0. The molecular formula is C16H20ClN3S. The van der Waals surface area contributed by atoms with Gasteiger partial charge in [-0.2, -0.15) is 0 Å². The molecule has 1 saturated heterocycles. The fourth-order valence-electron chi connectivity index (χ4n) is 2.89. The summed E-state index contributed by atoms with van der Waals surface area (Å²) in [4.78, 5) is 6.26. The lowest BCUT2D eigenvalue weighted by Gasteiger charge is -2.39. The summed E-state index contributed by atoms with van der Waals surface area (Å²) in [5.41, 5.74) is 7.21. The highest BCUT2D eigenvalue weighted by atomic mass is 35.5. The quantitative estimate of drug-likeness (QED) is 0.938.